The first-order valence-corrected chi connectivity index (χ1v) is 14.1. The van der Waals surface area contributed by atoms with E-state index in [4.69, 9.17) is 23.2 Å². The van der Waals surface area contributed by atoms with Gasteiger partial charge in [0.15, 0.2) is 6.17 Å². The second kappa shape index (κ2) is 13.7. The molecule has 3 N–H and O–H groups in total. The quantitative estimate of drug-likeness (QED) is 0.104. The number of anilines is 2. The van der Waals surface area contributed by atoms with Crippen LogP contribution in [-0.4, -0.2) is 57.6 Å². The summed E-state index contributed by atoms with van der Waals surface area (Å²) in [5.41, 5.74) is 3.24. The normalized spacial score (nSPS) is 16.1. The largest absolute Gasteiger partial charge is 0.347 e. The number of hydrogen-bond donors (Lipinski definition) is 3. The Bertz CT molecular complexity index is 1420. The number of carbonyl (C=O) groups is 3. The van der Waals surface area contributed by atoms with Crippen LogP contribution in [0.1, 0.15) is 38.7 Å². The van der Waals surface area contributed by atoms with E-state index in [1.807, 2.05) is 30.3 Å². The second-order valence-corrected chi connectivity index (χ2v) is 11.1. The van der Waals surface area contributed by atoms with E-state index in [1.165, 1.54) is 4.90 Å². The zero-order valence-electron chi connectivity index (χ0n) is 23.2. The summed E-state index contributed by atoms with van der Waals surface area (Å²) in [6.45, 7) is 3.84. The number of urea groups is 2. The number of rotatable bonds is 10. The molecule has 3 aromatic carbocycles. The van der Waals surface area contributed by atoms with Gasteiger partial charge in [0.2, 0.25) is 5.91 Å². The predicted octanol–water partition coefficient (Wildman–Crippen LogP) is 6.58. The number of carbonyl (C=O) groups excluding carboxylic acids is 3. The van der Waals surface area contributed by atoms with Crippen molar-refractivity contribution in [1.29, 1.82) is 0 Å². The van der Waals surface area contributed by atoms with Gasteiger partial charge < -0.3 is 10.2 Å². The van der Waals surface area contributed by atoms with Crippen LogP contribution in [0.3, 0.4) is 0 Å². The molecule has 220 valence electrons. The van der Waals surface area contributed by atoms with Crippen molar-refractivity contribution in [2.24, 2.45) is 5.10 Å². The molecule has 0 saturated carbocycles. The molecule has 42 heavy (non-hydrogen) atoms. The standard InChI is InChI=1S/C30H32Cl2N6O4/c1-30(2)27(38(42)28(40)34-24-15-11-22(31)12-16-24)37(25-17-13-23(32)14-18-25)29(41)36(30)19-7-6-10-26(39)35-33-20-21-8-4-3-5-9-21/h3-5,8-9,11-18,20,27,42H,6-7,10,19H2,1-2H3,(H,34,40)(H,35,39). The molecule has 1 aliphatic rings. The zero-order chi connectivity index (χ0) is 30.3. The third-order valence-electron chi connectivity index (χ3n) is 6.89. The van der Waals surface area contributed by atoms with E-state index in [1.54, 1.807) is 73.5 Å². The van der Waals surface area contributed by atoms with Crippen molar-refractivity contribution < 1.29 is 19.6 Å². The first kappa shape index (κ1) is 30.8. The lowest BCUT2D eigenvalue weighted by atomic mass is 9.99. The summed E-state index contributed by atoms with van der Waals surface area (Å²) in [5, 5.41) is 19.3. The zero-order valence-corrected chi connectivity index (χ0v) is 24.7. The fraction of sp³-hybridized carbons (Fsp3) is 0.267. The van der Waals surface area contributed by atoms with E-state index in [-0.39, 0.29) is 12.3 Å². The molecule has 1 heterocycles. The van der Waals surface area contributed by atoms with Crippen molar-refractivity contribution in [3.63, 3.8) is 0 Å². The Balaban J connectivity index is 1.43. The highest BCUT2D eigenvalue weighted by Crippen LogP contribution is 2.38. The summed E-state index contributed by atoms with van der Waals surface area (Å²) in [5.74, 6) is -0.240. The van der Waals surface area contributed by atoms with Gasteiger partial charge in [0.25, 0.3) is 0 Å². The second-order valence-electron chi connectivity index (χ2n) is 10.3. The molecule has 1 atom stereocenters. The van der Waals surface area contributed by atoms with Gasteiger partial charge >= 0.3 is 12.1 Å². The fourth-order valence-corrected chi connectivity index (χ4v) is 4.99. The highest BCUT2D eigenvalue weighted by Gasteiger charge is 2.55. The minimum atomic E-state index is -1.09. The fourth-order valence-electron chi connectivity index (χ4n) is 4.74. The Morgan fingerprint density at radius 3 is 2.24 bits per heavy atom. The Hall–Kier alpha value is -4.12. The van der Waals surface area contributed by atoms with Gasteiger partial charge in [-0.2, -0.15) is 10.2 Å². The van der Waals surface area contributed by atoms with E-state index in [0.717, 1.165) is 5.56 Å². The maximum Gasteiger partial charge on any atom is 0.347 e. The molecule has 0 bridgehead atoms. The number of hydroxylamine groups is 2. The van der Waals surface area contributed by atoms with Gasteiger partial charge in [-0.1, -0.05) is 53.5 Å². The molecule has 0 radical (unpaired) electrons. The van der Waals surface area contributed by atoms with E-state index < -0.39 is 23.8 Å². The Morgan fingerprint density at radius 1 is 0.976 bits per heavy atom. The topological polar surface area (TPSA) is 118 Å². The third kappa shape index (κ3) is 7.39. The third-order valence-corrected chi connectivity index (χ3v) is 7.39. The number of hydrogen-bond acceptors (Lipinski definition) is 5. The predicted molar refractivity (Wildman–Crippen MR) is 164 cm³/mol. The number of nitrogens with zero attached hydrogens (tertiary/aromatic N) is 4. The smallest absolute Gasteiger partial charge is 0.315 e. The monoisotopic (exact) mass is 610 g/mol. The van der Waals surface area contributed by atoms with Crippen LogP contribution >= 0.6 is 23.2 Å². The van der Waals surface area contributed by atoms with E-state index in [9.17, 15) is 19.6 Å². The molecule has 3 aromatic rings. The number of unbranched alkanes of at least 4 members (excludes halogenated alkanes) is 1. The van der Waals surface area contributed by atoms with Gasteiger partial charge in [0, 0.05) is 34.4 Å². The average Bonchev–Trinajstić information content (AvgIpc) is 3.17. The van der Waals surface area contributed by atoms with Crippen LogP contribution in [0.5, 0.6) is 0 Å². The summed E-state index contributed by atoms with van der Waals surface area (Å²) in [4.78, 5) is 42.1. The van der Waals surface area contributed by atoms with Crippen LogP contribution in [0.2, 0.25) is 10.0 Å². The highest BCUT2D eigenvalue weighted by molar-refractivity contribution is 6.31. The summed E-state index contributed by atoms with van der Waals surface area (Å²) < 4.78 is 0. The minimum Gasteiger partial charge on any atom is -0.315 e. The van der Waals surface area contributed by atoms with Gasteiger partial charge in [-0.3, -0.25) is 14.9 Å². The average molecular weight is 612 g/mol. The molecule has 0 spiro atoms. The van der Waals surface area contributed by atoms with Gasteiger partial charge in [0.05, 0.1) is 11.8 Å². The van der Waals surface area contributed by atoms with E-state index >= 15 is 0 Å². The van der Waals surface area contributed by atoms with Crippen molar-refractivity contribution in [2.45, 2.75) is 44.8 Å². The van der Waals surface area contributed by atoms with E-state index in [2.05, 4.69) is 15.8 Å². The van der Waals surface area contributed by atoms with Crippen LogP contribution in [0, 0.1) is 0 Å². The van der Waals surface area contributed by atoms with Crippen LogP contribution in [0.15, 0.2) is 84.0 Å². The number of hydrazone groups is 1. The lowest BCUT2D eigenvalue weighted by Crippen LogP contribution is -2.58. The summed E-state index contributed by atoms with van der Waals surface area (Å²) in [6, 6.07) is 21.2. The van der Waals surface area contributed by atoms with Crippen molar-refractivity contribution in [1.82, 2.24) is 15.4 Å². The first-order valence-electron chi connectivity index (χ1n) is 13.4. The van der Waals surface area contributed by atoms with Crippen LogP contribution in [-0.2, 0) is 4.79 Å². The first-order chi connectivity index (χ1) is 20.1. The van der Waals surface area contributed by atoms with Crippen LogP contribution in [0.4, 0.5) is 21.0 Å². The van der Waals surface area contributed by atoms with Gasteiger partial charge in [-0.05, 0) is 80.8 Å². The number of nitrogens with one attached hydrogen (secondary N) is 2. The Labute approximate surface area is 254 Å². The lowest BCUT2D eigenvalue weighted by Gasteiger charge is -2.38. The van der Waals surface area contributed by atoms with Crippen molar-refractivity contribution in [3.05, 3.63) is 94.5 Å². The Morgan fingerprint density at radius 2 is 1.60 bits per heavy atom. The van der Waals surface area contributed by atoms with Crippen LogP contribution in [0.25, 0.3) is 0 Å². The minimum absolute atomic E-state index is 0.217. The highest BCUT2D eigenvalue weighted by atomic mass is 35.5. The molecule has 12 heteroatoms. The Kier molecular flexibility index (Phi) is 10.1. The summed E-state index contributed by atoms with van der Waals surface area (Å²) in [6.07, 6.45) is 1.70. The molecular weight excluding hydrogens is 579 g/mol. The molecule has 4 rings (SSSR count). The maximum absolute atomic E-state index is 13.8. The van der Waals surface area contributed by atoms with Gasteiger partial charge in [-0.25, -0.2) is 15.0 Å². The maximum atomic E-state index is 13.8. The number of halogens is 2. The van der Waals surface area contributed by atoms with Crippen molar-refractivity contribution >= 4 is 58.8 Å². The van der Waals surface area contributed by atoms with E-state index in [0.29, 0.717) is 45.9 Å². The molecule has 0 aromatic heterocycles. The molecule has 1 unspecified atom stereocenters. The van der Waals surface area contributed by atoms with Gasteiger partial charge in [-0.15, -0.1) is 0 Å². The summed E-state index contributed by atoms with van der Waals surface area (Å²) in [7, 11) is 0. The van der Waals surface area contributed by atoms with Crippen molar-refractivity contribution in [2.75, 3.05) is 16.8 Å². The lowest BCUT2D eigenvalue weighted by molar-refractivity contribution is -0.121. The molecule has 1 saturated heterocycles. The molecule has 1 aliphatic heterocycles. The molecule has 1 fully saturated rings. The molecule has 10 nitrogen and oxygen atoms in total. The number of benzene rings is 3. The summed E-state index contributed by atoms with van der Waals surface area (Å²) >= 11 is 12.0. The molecule has 5 amide bonds. The SMILES string of the molecule is CC1(C)C(N(O)C(=O)Nc2ccc(Cl)cc2)N(c2ccc(Cl)cc2)C(=O)N1CCCCC(=O)NN=Cc1ccccc1. The molecule has 0 aliphatic carbocycles. The van der Waals surface area contributed by atoms with Crippen LogP contribution < -0.4 is 15.6 Å². The number of amides is 5. The van der Waals surface area contributed by atoms with Gasteiger partial charge in [0.1, 0.15) is 0 Å². The molecular formula is C30H32Cl2N6O4. The van der Waals surface area contributed by atoms with Crippen molar-refractivity contribution in [3.8, 4) is 0 Å².